The maximum absolute atomic E-state index is 13.4. The summed E-state index contributed by atoms with van der Waals surface area (Å²) in [6, 6.07) is 6.19. The van der Waals surface area contributed by atoms with Crippen LogP contribution in [0.2, 0.25) is 0 Å². The summed E-state index contributed by atoms with van der Waals surface area (Å²) in [5, 5.41) is 3.51. The normalized spacial score (nSPS) is 10.3. The van der Waals surface area contributed by atoms with Gasteiger partial charge in [-0.05, 0) is 34.3 Å². The quantitative estimate of drug-likeness (QED) is 0.673. The number of anilines is 1. The molecule has 0 fully saturated rings. The van der Waals surface area contributed by atoms with Gasteiger partial charge in [0.25, 0.3) is 0 Å². The second kappa shape index (κ2) is 6.21. The summed E-state index contributed by atoms with van der Waals surface area (Å²) in [6.07, 6.45) is 1.87. The molecule has 0 aliphatic heterocycles. The van der Waals surface area contributed by atoms with Crippen LogP contribution in [0.5, 0.6) is 11.6 Å². The minimum absolute atomic E-state index is 0.366. The molecule has 1 aromatic heterocycles. The molecule has 0 unspecified atom stereocenters. The molecule has 2 aromatic rings. The van der Waals surface area contributed by atoms with Crippen molar-refractivity contribution in [3.63, 3.8) is 0 Å². The maximum Gasteiger partial charge on any atom is 0.225 e. The zero-order chi connectivity index (χ0) is 13.8. The Morgan fingerprint density at radius 2 is 2.11 bits per heavy atom. The third-order valence-corrected chi connectivity index (χ3v) is 3.43. The van der Waals surface area contributed by atoms with Gasteiger partial charge < -0.3 is 10.1 Å². The molecule has 1 N–H and O–H groups in total. The fourth-order valence-corrected chi connectivity index (χ4v) is 1.95. The van der Waals surface area contributed by atoms with Gasteiger partial charge in [-0.25, -0.2) is 9.37 Å². The molecule has 1 aromatic carbocycles. The zero-order valence-electron chi connectivity index (χ0n) is 10.3. The van der Waals surface area contributed by atoms with E-state index < -0.39 is 0 Å². The number of halogens is 2. The second-order valence-electron chi connectivity index (χ2n) is 3.51. The van der Waals surface area contributed by atoms with Gasteiger partial charge >= 0.3 is 0 Å². The molecule has 7 heteroatoms. The Hall–Kier alpha value is -1.34. The molecule has 0 aliphatic rings. The monoisotopic (exact) mass is 343 g/mol. The van der Waals surface area contributed by atoms with Crippen molar-refractivity contribution in [1.29, 1.82) is 0 Å². The predicted molar refractivity (Wildman–Crippen MR) is 77.5 cm³/mol. The van der Waals surface area contributed by atoms with Crippen LogP contribution in [0.25, 0.3) is 0 Å². The van der Waals surface area contributed by atoms with Gasteiger partial charge in [0.2, 0.25) is 5.88 Å². The van der Waals surface area contributed by atoms with Crippen molar-refractivity contribution in [1.82, 2.24) is 9.97 Å². The largest absolute Gasteiger partial charge is 0.439 e. The van der Waals surface area contributed by atoms with Gasteiger partial charge in [0.15, 0.2) is 5.16 Å². The lowest BCUT2D eigenvalue weighted by atomic mass is 10.3. The molecular formula is C12H11BrFN3OS. The highest BCUT2D eigenvalue weighted by Crippen LogP contribution is 2.26. The van der Waals surface area contributed by atoms with Gasteiger partial charge in [0.1, 0.15) is 17.4 Å². The minimum Gasteiger partial charge on any atom is -0.439 e. The Labute approximate surface area is 122 Å². The van der Waals surface area contributed by atoms with Gasteiger partial charge in [-0.2, -0.15) is 4.98 Å². The lowest BCUT2D eigenvalue weighted by Crippen LogP contribution is -1.98. The smallest absolute Gasteiger partial charge is 0.225 e. The summed E-state index contributed by atoms with van der Waals surface area (Å²) in [5.41, 5.74) is 0. The summed E-state index contributed by atoms with van der Waals surface area (Å²) in [6.45, 7) is 0. The van der Waals surface area contributed by atoms with Crippen LogP contribution in [0.3, 0.4) is 0 Å². The van der Waals surface area contributed by atoms with E-state index in [1.165, 1.54) is 17.8 Å². The summed E-state index contributed by atoms with van der Waals surface area (Å²) in [5.74, 6) is 1.01. The molecule has 0 saturated carbocycles. The van der Waals surface area contributed by atoms with E-state index in [9.17, 15) is 4.39 Å². The molecule has 100 valence electrons. The fraction of sp³-hybridized carbons (Fsp3) is 0.167. The first kappa shape index (κ1) is 14.1. The SMILES string of the molecule is CNc1cc(Oc2ccc(Br)c(F)c2)nc(SC)n1. The Bertz CT molecular complexity index is 575. The Balaban J connectivity index is 2.29. The number of hydrogen-bond donors (Lipinski definition) is 1. The van der Waals surface area contributed by atoms with Crippen LogP contribution in [0.1, 0.15) is 0 Å². The lowest BCUT2D eigenvalue weighted by molar-refractivity contribution is 0.451. The molecule has 0 saturated heterocycles. The van der Waals surface area contributed by atoms with E-state index >= 15 is 0 Å². The van der Waals surface area contributed by atoms with Crippen LogP contribution in [0.4, 0.5) is 10.2 Å². The van der Waals surface area contributed by atoms with Gasteiger partial charge in [-0.15, -0.1) is 0 Å². The molecule has 0 amide bonds. The zero-order valence-corrected chi connectivity index (χ0v) is 12.7. The van der Waals surface area contributed by atoms with E-state index in [-0.39, 0.29) is 5.82 Å². The van der Waals surface area contributed by atoms with E-state index in [1.54, 1.807) is 25.2 Å². The minimum atomic E-state index is -0.384. The first-order chi connectivity index (χ1) is 9.12. The number of benzene rings is 1. The third-order valence-electron chi connectivity index (χ3n) is 2.23. The average Bonchev–Trinajstić information content (AvgIpc) is 2.42. The summed E-state index contributed by atoms with van der Waals surface area (Å²) < 4.78 is 19.3. The van der Waals surface area contributed by atoms with E-state index in [2.05, 4.69) is 31.2 Å². The standard InChI is InChI=1S/C12H11BrFN3OS/c1-15-10-6-11(17-12(16-10)19-2)18-7-3-4-8(13)9(14)5-7/h3-6H,1-2H3,(H,15,16,17). The number of aromatic nitrogens is 2. The first-order valence-electron chi connectivity index (χ1n) is 5.36. The molecule has 0 spiro atoms. The Morgan fingerprint density at radius 1 is 1.32 bits per heavy atom. The molecule has 0 atom stereocenters. The number of nitrogens with one attached hydrogen (secondary N) is 1. The summed E-state index contributed by atoms with van der Waals surface area (Å²) >= 11 is 4.50. The molecule has 2 rings (SSSR count). The van der Waals surface area contributed by atoms with Gasteiger partial charge in [-0.1, -0.05) is 11.8 Å². The average molecular weight is 344 g/mol. The Morgan fingerprint density at radius 3 is 2.74 bits per heavy atom. The van der Waals surface area contributed by atoms with Crippen LogP contribution >= 0.6 is 27.7 Å². The first-order valence-corrected chi connectivity index (χ1v) is 7.38. The summed E-state index contributed by atoms with van der Waals surface area (Å²) in [4.78, 5) is 8.43. The van der Waals surface area contributed by atoms with Crippen LogP contribution in [-0.4, -0.2) is 23.3 Å². The predicted octanol–water partition coefficient (Wildman–Crippen LogP) is 3.93. The van der Waals surface area contributed by atoms with Gasteiger partial charge in [0, 0.05) is 19.2 Å². The van der Waals surface area contributed by atoms with Crippen molar-refractivity contribution in [3.8, 4) is 11.6 Å². The fourth-order valence-electron chi connectivity index (χ4n) is 1.34. The van der Waals surface area contributed by atoms with Crippen molar-refractivity contribution < 1.29 is 9.13 Å². The number of ether oxygens (including phenoxy) is 1. The molecular weight excluding hydrogens is 333 g/mol. The lowest BCUT2D eigenvalue weighted by Gasteiger charge is -2.08. The number of nitrogens with zero attached hydrogens (tertiary/aromatic N) is 2. The molecule has 0 aliphatic carbocycles. The number of thioether (sulfide) groups is 1. The van der Waals surface area contributed by atoms with Crippen LogP contribution in [0.15, 0.2) is 33.9 Å². The number of rotatable bonds is 4. The van der Waals surface area contributed by atoms with Crippen LogP contribution in [-0.2, 0) is 0 Å². The van der Waals surface area contributed by atoms with E-state index in [1.807, 2.05) is 6.26 Å². The number of hydrogen-bond acceptors (Lipinski definition) is 5. The summed E-state index contributed by atoms with van der Waals surface area (Å²) in [7, 11) is 1.76. The van der Waals surface area contributed by atoms with Crippen molar-refractivity contribution in [2.24, 2.45) is 0 Å². The van der Waals surface area contributed by atoms with Crippen molar-refractivity contribution in [2.45, 2.75) is 5.16 Å². The van der Waals surface area contributed by atoms with Crippen LogP contribution in [0, 0.1) is 5.82 Å². The molecule has 1 heterocycles. The topological polar surface area (TPSA) is 47.0 Å². The highest BCUT2D eigenvalue weighted by atomic mass is 79.9. The van der Waals surface area contributed by atoms with Gasteiger partial charge in [-0.3, -0.25) is 0 Å². The second-order valence-corrected chi connectivity index (χ2v) is 5.13. The van der Waals surface area contributed by atoms with E-state index in [0.717, 1.165) is 0 Å². The third kappa shape index (κ3) is 3.57. The van der Waals surface area contributed by atoms with Crippen molar-refractivity contribution >= 4 is 33.5 Å². The maximum atomic E-state index is 13.4. The van der Waals surface area contributed by atoms with Gasteiger partial charge in [0.05, 0.1) is 4.47 Å². The Kier molecular flexibility index (Phi) is 4.60. The highest BCUT2D eigenvalue weighted by molar-refractivity contribution is 9.10. The van der Waals surface area contributed by atoms with Crippen LogP contribution < -0.4 is 10.1 Å². The van der Waals surface area contributed by atoms with Crippen molar-refractivity contribution in [2.75, 3.05) is 18.6 Å². The van der Waals surface area contributed by atoms with Crippen molar-refractivity contribution in [3.05, 3.63) is 34.6 Å². The highest BCUT2D eigenvalue weighted by Gasteiger charge is 2.07. The molecule has 4 nitrogen and oxygen atoms in total. The molecule has 19 heavy (non-hydrogen) atoms. The van der Waals surface area contributed by atoms with E-state index in [4.69, 9.17) is 4.74 Å². The molecule has 0 radical (unpaired) electrons. The molecule has 0 bridgehead atoms. The van der Waals surface area contributed by atoms with E-state index in [0.29, 0.717) is 27.1 Å².